The Labute approximate surface area is 124 Å². The van der Waals surface area contributed by atoms with Gasteiger partial charge in [-0.25, -0.2) is 9.40 Å². The highest BCUT2D eigenvalue weighted by molar-refractivity contribution is 6.13. The largest absolute Gasteiger partial charge is 0.396 e. The number of halogens is 1. The maximum Gasteiger partial charge on any atom is 0.106 e. The zero-order valence-corrected chi connectivity index (χ0v) is 12.6. The van der Waals surface area contributed by atoms with Crippen LogP contribution < -0.4 is 0 Å². The van der Waals surface area contributed by atoms with Gasteiger partial charge in [0.1, 0.15) is 5.82 Å². The molecule has 0 saturated carbocycles. The lowest BCUT2D eigenvalue weighted by molar-refractivity contribution is 0.118. The molecule has 1 saturated heterocycles. The highest BCUT2D eigenvalue weighted by Crippen LogP contribution is 2.33. The second-order valence-corrected chi connectivity index (χ2v) is 6.17. The molecular formula is C15H20ClN3O. The van der Waals surface area contributed by atoms with E-state index in [4.69, 9.17) is 11.8 Å². The molecular weight excluding hydrogens is 274 g/mol. The maximum atomic E-state index is 9.67. The first kappa shape index (κ1) is 13.9. The van der Waals surface area contributed by atoms with Crippen molar-refractivity contribution in [1.29, 1.82) is 0 Å². The lowest BCUT2D eigenvalue weighted by Gasteiger charge is -2.36. The van der Waals surface area contributed by atoms with Crippen molar-refractivity contribution < 1.29 is 5.11 Å². The summed E-state index contributed by atoms with van der Waals surface area (Å²) in [4.78, 5) is 4.67. The van der Waals surface area contributed by atoms with Gasteiger partial charge in [-0.3, -0.25) is 0 Å². The lowest BCUT2D eigenvalue weighted by Crippen LogP contribution is -2.38. The van der Waals surface area contributed by atoms with Crippen LogP contribution in [-0.2, 0) is 0 Å². The third kappa shape index (κ3) is 2.32. The van der Waals surface area contributed by atoms with Gasteiger partial charge in [-0.15, -0.1) is 0 Å². The molecule has 0 unspecified atom stereocenters. The van der Waals surface area contributed by atoms with Crippen LogP contribution in [0, 0.1) is 19.8 Å². The molecule has 2 aromatic rings. The Hall–Kier alpha value is -1.10. The van der Waals surface area contributed by atoms with E-state index >= 15 is 0 Å². The first-order valence-corrected chi connectivity index (χ1v) is 7.40. The molecule has 2 heterocycles. The van der Waals surface area contributed by atoms with Crippen molar-refractivity contribution >= 4 is 22.8 Å². The van der Waals surface area contributed by atoms with Crippen molar-refractivity contribution in [2.45, 2.75) is 26.3 Å². The number of hydrogen-bond donors (Lipinski definition) is 1. The van der Waals surface area contributed by atoms with Crippen LogP contribution in [0.4, 0.5) is 0 Å². The Morgan fingerprint density at radius 3 is 2.95 bits per heavy atom. The third-order valence-corrected chi connectivity index (χ3v) is 4.54. The fourth-order valence-corrected chi connectivity index (χ4v) is 3.52. The fraction of sp³-hybridized carbons (Fsp3) is 0.533. The first-order chi connectivity index (χ1) is 9.60. The zero-order chi connectivity index (χ0) is 14.3. The van der Waals surface area contributed by atoms with Gasteiger partial charge in [-0.1, -0.05) is 6.07 Å². The van der Waals surface area contributed by atoms with E-state index in [0.29, 0.717) is 6.54 Å². The molecule has 3 rings (SSSR count). The molecule has 0 aliphatic carbocycles. The van der Waals surface area contributed by atoms with Crippen molar-refractivity contribution in [3.05, 3.63) is 29.6 Å². The number of aliphatic hydroxyl groups excluding tert-OH is 1. The van der Waals surface area contributed by atoms with E-state index < -0.39 is 0 Å². The van der Waals surface area contributed by atoms with E-state index in [9.17, 15) is 5.11 Å². The zero-order valence-electron chi connectivity index (χ0n) is 11.9. The van der Waals surface area contributed by atoms with Crippen molar-refractivity contribution in [3.63, 3.8) is 0 Å². The molecule has 1 aromatic carbocycles. The number of fused-ring (bicyclic) bond motifs is 1. The number of hydrogen-bond acceptors (Lipinski definition) is 3. The number of benzene rings is 1. The number of nitrogens with zero attached hydrogens (tertiary/aromatic N) is 3. The van der Waals surface area contributed by atoms with Crippen molar-refractivity contribution in [2.24, 2.45) is 5.92 Å². The van der Waals surface area contributed by atoms with E-state index in [-0.39, 0.29) is 18.6 Å². The molecule has 20 heavy (non-hydrogen) atoms. The molecule has 0 spiro atoms. The van der Waals surface area contributed by atoms with Gasteiger partial charge in [0, 0.05) is 31.7 Å². The monoisotopic (exact) mass is 293 g/mol. The molecule has 1 aromatic heterocycles. The van der Waals surface area contributed by atoms with Crippen LogP contribution in [-0.4, -0.2) is 38.8 Å². The third-order valence-electron chi connectivity index (χ3n) is 4.23. The van der Waals surface area contributed by atoms with Crippen LogP contribution in [0.2, 0.25) is 0 Å². The smallest absolute Gasteiger partial charge is 0.106 e. The topological polar surface area (TPSA) is 41.3 Å². The normalized spacial score (nSPS) is 24.4. The van der Waals surface area contributed by atoms with Crippen LogP contribution in [0.15, 0.2) is 18.2 Å². The summed E-state index contributed by atoms with van der Waals surface area (Å²) in [5.74, 6) is 1.16. The molecule has 1 fully saturated rings. The number of imidazole rings is 1. The van der Waals surface area contributed by atoms with E-state index in [2.05, 4.69) is 34.7 Å². The predicted molar refractivity (Wildman–Crippen MR) is 80.9 cm³/mol. The summed E-state index contributed by atoms with van der Waals surface area (Å²) < 4.78 is 4.05. The average Bonchev–Trinajstić information content (AvgIpc) is 2.73. The molecule has 2 atom stereocenters. The standard InChI is InChI=1S/C15H20ClN3O/c1-10-3-4-15-13(7-10)17-11(2)19(15)14-5-6-18(16)8-12(14)9-20/h3-4,7,12,14,20H,5-6,8-9H2,1-2H3/t12-,14+/m0/s1. The van der Waals surface area contributed by atoms with Crippen LogP contribution in [0.3, 0.4) is 0 Å². The Morgan fingerprint density at radius 1 is 1.40 bits per heavy atom. The minimum Gasteiger partial charge on any atom is -0.396 e. The molecule has 5 heteroatoms. The summed E-state index contributed by atoms with van der Waals surface area (Å²) in [5.41, 5.74) is 3.41. The Balaban J connectivity index is 2.06. The minimum absolute atomic E-state index is 0.152. The van der Waals surface area contributed by atoms with Gasteiger partial charge >= 0.3 is 0 Å². The molecule has 108 valence electrons. The Bertz CT molecular complexity index is 625. The van der Waals surface area contributed by atoms with Crippen molar-refractivity contribution in [2.75, 3.05) is 19.7 Å². The summed E-state index contributed by atoms with van der Waals surface area (Å²) in [5, 5.41) is 9.67. The predicted octanol–water partition coefficient (Wildman–Crippen LogP) is 2.66. The highest BCUT2D eigenvalue weighted by Gasteiger charge is 2.31. The van der Waals surface area contributed by atoms with E-state index in [1.54, 1.807) is 4.42 Å². The molecule has 0 amide bonds. The number of aryl methyl sites for hydroxylation is 2. The van der Waals surface area contributed by atoms with Gasteiger partial charge in [0.2, 0.25) is 0 Å². The SMILES string of the molecule is Cc1ccc2c(c1)nc(C)n2[C@@H]1CCN(Cl)C[C@H]1CO. The Morgan fingerprint density at radius 2 is 2.20 bits per heavy atom. The molecule has 1 aliphatic rings. The second-order valence-electron chi connectivity index (χ2n) is 5.69. The number of aromatic nitrogens is 2. The summed E-state index contributed by atoms with van der Waals surface area (Å²) in [7, 11) is 0. The summed E-state index contributed by atoms with van der Waals surface area (Å²) in [6.07, 6.45) is 0.939. The molecule has 4 nitrogen and oxygen atoms in total. The summed E-state index contributed by atoms with van der Waals surface area (Å²) >= 11 is 6.09. The van der Waals surface area contributed by atoms with Crippen molar-refractivity contribution in [3.8, 4) is 0 Å². The van der Waals surface area contributed by atoms with Gasteiger partial charge in [-0.05, 0) is 49.7 Å². The van der Waals surface area contributed by atoms with E-state index in [0.717, 1.165) is 29.8 Å². The minimum atomic E-state index is 0.152. The maximum absolute atomic E-state index is 9.67. The summed E-state index contributed by atoms with van der Waals surface area (Å²) in [6.45, 7) is 5.83. The van der Waals surface area contributed by atoms with Gasteiger partial charge in [0.15, 0.2) is 0 Å². The van der Waals surface area contributed by atoms with Gasteiger partial charge in [-0.2, -0.15) is 0 Å². The average molecular weight is 294 g/mol. The number of rotatable bonds is 2. The molecule has 1 aliphatic heterocycles. The van der Waals surface area contributed by atoms with E-state index in [1.807, 2.05) is 6.92 Å². The summed E-state index contributed by atoms with van der Waals surface area (Å²) in [6, 6.07) is 6.63. The number of piperidine rings is 1. The fourth-order valence-electron chi connectivity index (χ4n) is 3.24. The van der Waals surface area contributed by atoms with Crippen LogP contribution in [0.1, 0.15) is 23.9 Å². The molecule has 0 bridgehead atoms. The highest BCUT2D eigenvalue weighted by atomic mass is 35.5. The van der Waals surface area contributed by atoms with Gasteiger partial charge < -0.3 is 9.67 Å². The Kier molecular flexibility index (Phi) is 3.71. The van der Waals surface area contributed by atoms with E-state index in [1.165, 1.54) is 5.56 Å². The number of aliphatic hydroxyl groups is 1. The molecule has 0 radical (unpaired) electrons. The van der Waals surface area contributed by atoms with Crippen LogP contribution in [0.25, 0.3) is 11.0 Å². The van der Waals surface area contributed by atoms with Gasteiger partial charge in [0.05, 0.1) is 11.0 Å². The van der Waals surface area contributed by atoms with Gasteiger partial charge in [0.25, 0.3) is 0 Å². The second kappa shape index (κ2) is 5.35. The lowest BCUT2D eigenvalue weighted by atomic mass is 9.93. The quantitative estimate of drug-likeness (QED) is 0.866. The van der Waals surface area contributed by atoms with Crippen molar-refractivity contribution in [1.82, 2.24) is 14.0 Å². The van der Waals surface area contributed by atoms with Crippen LogP contribution >= 0.6 is 11.8 Å². The first-order valence-electron chi connectivity index (χ1n) is 7.07. The van der Waals surface area contributed by atoms with Crippen LogP contribution in [0.5, 0.6) is 0 Å². The molecule has 1 N–H and O–H groups in total.